The summed E-state index contributed by atoms with van der Waals surface area (Å²) in [4.78, 5) is 15.3. The standard InChI is InChI=1S/C20H21NO3/c1-23-18-10-14-7-8-21-12-15-6-4-3-5-13(15)9-17(22)20(21)16(14)11-19(18)24-2/h3-6,10-11,20H,7-9,12H2,1-2H3. The van der Waals surface area contributed by atoms with E-state index < -0.39 is 0 Å². The van der Waals surface area contributed by atoms with Gasteiger partial charge in [-0.25, -0.2) is 0 Å². The minimum Gasteiger partial charge on any atom is -0.493 e. The quantitative estimate of drug-likeness (QED) is 0.852. The lowest BCUT2D eigenvalue weighted by atomic mass is 9.89. The highest BCUT2D eigenvalue weighted by molar-refractivity contribution is 5.89. The molecule has 124 valence electrons. The van der Waals surface area contributed by atoms with Crippen LogP contribution in [-0.4, -0.2) is 31.4 Å². The number of fused-ring (bicyclic) bond motifs is 4. The third-order valence-electron chi connectivity index (χ3n) is 5.13. The molecule has 2 aliphatic heterocycles. The van der Waals surface area contributed by atoms with Gasteiger partial charge in [0.15, 0.2) is 17.3 Å². The maximum atomic E-state index is 13.0. The summed E-state index contributed by atoms with van der Waals surface area (Å²) in [5.41, 5.74) is 4.67. The van der Waals surface area contributed by atoms with Crippen LogP contribution in [0.5, 0.6) is 11.5 Å². The van der Waals surface area contributed by atoms with Gasteiger partial charge in [-0.1, -0.05) is 24.3 Å². The number of hydrogen-bond donors (Lipinski definition) is 0. The van der Waals surface area contributed by atoms with E-state index in [2.05, 4.69) is 23.1 Å². The van der Waals surface area contributed by atoms with Crippen molar-refractivity contribution in [2.45, 2.75) is 25.4 Å². The fourth-order valence-electron chi connectivity index (χ4n) is 3.93. The summed E-state index contributed by atoms with van der Waals surface area (Å²) in [6, 6.07) is 12.1. The van der Waals surface area contributed by atoms with E-state index in [1.807, 2.05) is 18.2 Å². The zero-order chi connectivity index (χ0) is 16.7. The molecular weight excluding hydrogens is 302 g/mol. The number of ether oxygens (including phenoxy) is 2. The minimum atomic E-state index is -0.194. The first-order chi connectivity index (χ1) is 11.7. The Hall–Kier alpha value is -2.33. The Morgan fingerprint density at radius 3 is 2.46 bits per heavy atom. The predicted molar refractivity (Wildman–Crippen MR) is 91.6 cm³/mol. The normalized spacial score (nSPS) is 19.8. The van der Waals surface area contributed by atoms with Gasteiger partial charge in [0.1, 0.15) is 0 Å². The molecule has 0 radical (unpaired) electrons. The van der Waals surface area contributed by atoms with Crippen LogP contribution in [0.25, 0.3) is 0 Å². The van der Waals surface area contributed by atoms with E-state index in [1.165, 1.54) is 11.1 Å². The number of hydrogen-bond acceptors (Lipinski definition) is 4. The summed E-state index contributed by atoms with van der Waals surface area (Å²) >= 11 is 0. The minimum absolute atomic E-state index is 0.194. The highest BCUT2D eigenvalue weighted by Crippen LogP contribution is 2.40. The Balaban J connectivity index is 1.80. The van der Waals surface area contributed by atoms with Crippen molar-refractivity contribution in [3.05, 3.63) is 58.7 Å². The Bertz CT molecular complexity index is 799. The molecule has 0 aliphatic carbocycles. The first-order valence-electron chi connectivity index (χ1n) is 8.29. The number of methoxy groups -OCH3 is 2. The largest absolute Gasteiger partial charge is 0.493 e. The lowest BCUT2D eigenvalue weighted by molar-refractivity contribution is -0.124. The van der Waals surface area contributed by atoms with Crippen molar-refractivity contribution in [1.82, 2.24) is 4.90 Å². The van der Waals surface area contributed by atoms with E-state index in [0.717, 1.165) is 36.4 Å². The van der Waals surface area contributed by atoms with Crippen molar-refractivity contribution in [1.29, 1.82) is 0 Å². The van der Waals surface area contributed by atoms with E-state index in [1.54, 1.807) is 14.2 Å². The molecule has 0 saturated carbocycles. The molecular formula is C20H21NO3. The van der Waals surface area contributed by atoms with E-state index in [4.69, 9.17) is 9.47 Å². The van der Waals surface area contributed by atoms with Gasteiger partial charge in [-0.15, -0.1) is 0 Å². The van der Waals surface area contributed by atoms with Crippen LogP contribution < -0.4 is 9.47 Å². The van der Waals surface area contributed by atoms with Gasteiger partial charge in [-0.3, -0.25) is 9.69 Å². The summed E-state index contributed by atoms with van der Waals surface area (Å²) in [5.74, 6) is 1.68. The molecule has 0 amide bonds. The molecule has 1 atom stereocenters. The smallest absolute Gasteiger partial charge is 0.161 e. The third-order valence-corrected chi connectivity index (χ3v) is 5.13. The van der Waals surface area contributed by atoms with Gasteiger partial charge in [0, 0.05) is 19.5 Å². The first kappa shape index (κ1) is 15.2. The average Bonchev–Trinajstić information content (AvgIpc) is 2.76. The lowest BCUT2D eigenvalue weighted by Crippen LogP contribution is -2.38. The van der Waals surface area contributed by atoms with E-state index in [9.17, 15) is 4.79 Å². The lowest BCUT2D eigenvalue weighted by Gasteiger charge is -2.35. The molecule has 2 aliphatic rings. The molecule has 0 saturated heterocycles. The van der Waals surface area contributed by atoms with Crippen LogP contribution in [0.4, 0.5) is 0 Å². The van der Waals surface area contributed by atoms with Gasteiger partial charge in [0.25, 0.3) is 0 Å². The van der Waals surface area contributed by atoms with Gasteiger partial charge in [-0.05, 0) is 40.8 Å². The molecule has 0 bridgehead atoms. The van der Waals surface area contributed by atoms with Crippen LogP contribution >= 0.6 is 0 Å². The fraction of sp³-hybridized carbons (Fsp3) is 0.350. The van der Waals surface area contributed by atoms with E-state index in [-0.39, 0.29) is 11.8 Å². The second-order valence-electron chi connectivity index (χ2n) is 6.44. The maximum Gasteiger partial charge on any atom is 0.161 e. The molecule has 4 nitrogen and oxygen atoms in total. The van der Waals surface area contributed by atoms with Gasteiger partial charge < -0.3 is 9.47 Å². The maximum absolute atomic E-state index is 13.0. The fourth-order valence-corrected chi connectivity index (χ4v) is 3.93. The Kier molecular flexibility index (Phi) is 3.77. The molecule has 4 rings (SSSR count). The van der Waals surface area contributed by atoms with E-state index >= 15 is 0 Å². The van der Waals surface area contributed by atoms with E-state index in [0.29, 0.717) is 12.2 Å². The van der Waals surface area contributed by atoms with Crippen molar-refractivity contribution in [3.8, 4) is 11.5 Å². The molecule has 1 unspecified atom stereocenters. The van der Waals surface area contributed by atoms with Crippen molar-refractivity contribution < 1.29 is 14.3 Å². The van der Waals surface area contributed by atoms with Crippen LogP contribution in [-0.2, 0) is 24.2 Å². The highest BCUT2D eigenvalue weighted by atomic mass is 16.5. The number of carbonyl (C=O) groups is 1. The number of carbonyl (C=O) groups excluding carboxylic acids is 1. The molecule has 0 N–H and O–H groups in total. The number of benzene rings is 2. The zero-order valence-corrected chi connectivity index (χ0v) is 14.0. The first-order valence-corrected chi connectivity index (χ1v) is 8.29. The molecule has 0 fully saturated rings. The molecule has 2 heterocycles. The average molecular weight is 323 g/mol. The van der Waals surface area contributed by atoms with Crippen LogP contribution in [0.1, 0.15) is 28.3 Å². The zero-order valence-electron chi connectivity index (χ0n) is 14.0. The SMILES string of the molecule is COc1cc2c(cc1OC)C1C(=O)Cc3ccccc3CN1CC2. The topological polar surface area (TPSA) is 38.8 Å². The van der Waals surface area contributed by atoms with Crippen molar-refractivity contribution in [3.63, 3.8) is 0 Å². The van der Waals surface area contributed by atoms with Crippen LogP contribution in [0, 0.1) is 0 Å². The predicted octanol–water partition coefficient (Wildman–Crippen LogP) is 2.93. The summed E-state index contributed by atoms with van der Waals surface area (Å²) in [6.45, 7) is 1.70. The summed E-state index contributed by atoms with van der Waals surface area (Å²) in [7, 11) is 3.28. The molecule has 2 aromatic carbocycles. The van der Waals surface area contributed by atoms with Crippen LogP contribution in [0.3, 0.4) is 0 Å². The van der Waals surface area contributed by atoms with Gasteiger partial charge in [0.2, 0.25) is 0 Å². The molecule has 0 spiro atoms. The Morgan fingerprint density at radius 1 is 1.00 bits per heavy atom. The van der Waals surface area contributed by atoms with Crippen LogP contribution in [0.2, 0.25) is 0 Å². The second kappa shape index (κ2) is 5.95. The summed E-state index contributed by atoms with van der Waals surface area (Å²) < 4.78 is 10.9. The highest BCUT2D eigenvalue weighted by Gasteiger charge is 2.36. The molecule has 4 heteroatoms. The van der Waals surface area contributed by atoms with Crippen molar-refractivity contribution in [2.75, 3.05) is 20.8 Å². The summed E-state index contributed by atoms with van der Waals surface area (Å²) in [6.07, 6.45) is 1.41. The third kappa shape index (κ3) is 2.38. The van der Waals surface area contributed by atoms with Gasteiger partial charge in [0.05, 0.1) is 20.3 Å². The number of ketones is 1. The molecule has 2 aromatic rings. The van der Waals surface area contributed by atoms with Crippen molar-refractivity contribution >= 4 is 5.78 Å². The second-order valence-corrected chi connectivity index (χ2v) is 6.44. The number of rotatable bonds is 2. The van der Waals surface area contributed by atoms with Gasteiger partial charge in [-0.2, -0.15) is 0 Å². The number of Topliss-reactive ketones (excluding diaryl/α,β-unsaturated/α-hetero) is 1. The monoisotopic (exact) mass is 323 g/mol. The Labute approximate surface area is 142 Å². The Morgan fingerprint density at radius 2 is 1.71 bits per heavy atom. The summed E-state index contributed by atoms with van der Waals surface area (Å²) in [5, 5.41) is 0. The van der Waals surface area contributed by atoms with Gasteiger partial charge >= 0.3 is 0 Å². The van der Waals surface area contributed by atoms with Crippen molar-refractivity contribution in [2.24, 2.45) is 0 Å². The molecule has 24 heavy (non-hydrogen) atoms. The number of nitrogens with zero attached hydrogens (tertiary/aromatic N) is 1. The molecule has 0 aromatic heterocycles. The van der Waals surface area contributed by atoms with Crippen LogP contribution in [0.15, 0.2) is 36.4 Å².